The molecular formula is C12H21NO. The summed E-state index contributed by atoms with van der Waals surface area (Å²) >= 11 is 0. The van der Waals surface area contributed by atoms with Crippen LogP contribution >= 0.6 is 0 Å². The van der Waals surface area contributed by atoms with E-state index in [4.69, 9.17) is 0 Å². The van der Waals surface area contributed by atoms with Gasteiger partial charge in [-0.05, 0) is 37.0 Å². The SMILES string of the molecule is CC(C)(C)C1CC(NC(=O)C2CC2)C1. The van der Waals surface area contributed by atoms with Crippen molar-refractivity contribution < 1.29 is 4.79 Å². The van der Waals surface area contributed by atoms with E-state index in [1.807, 2.05) is 0 Å². The zero-order valence-electron chi connectivity index (χ0n) is 9.47. The van der Waals surface area contributed by atoms with Gasteiger partial charge in [0.1, 0.15) is 0 Å². The Morgan fingerprint density at radius 1 is 1.21 bits per heavy atom. The molecule has 0 aliphatic heterocycles. The average molecular weight is 195 g/mol. The van der Waals surface area contributed by atoms with Crippen molar-refractivity contribution in [2.75, 3.05) is 0 Å². The van der Waals surface area contributed by atoms with E-state index in [0.717, 1.165) is 18.8 Å². The van der Waals surface area contributed by atoms with Gasteiger partial charge in [-0.1, -0.05) is 20.8 Å². The van der Waals surface area contributed by atoms with Crippen LogP contribution in [0.2, 0.25) is 0 Å². The predicted octanol–water partition coefficient (Wildman–Crippen LogP) is 2.34. The van der Waals surface area contributed by atoms with Gasteiger partial charge in [0.25, 0.3) is 0 Å². The number of amides is 1. The highest BCUT2D eigenvalue weighted by Gasteiger charge is 2.39. The van der Waals surface area contributed by atoms with E-state index in [2.05, 4.69) is 26.1 Å². The van der Waals surface area contributed by atoms with Crippen molar-refractivity contribution in [1.82, 2.24) is 5.32 Å². The summed E-state index contributed by atoms with van der Waals surface area (Å²) in [6, 6.07) is 0.479. The number of hydrogen-bond acceptors (Lipinski definition) is 1. The van der Waals surface area contributed by atoms with E-state index >= 15 is 0 Å². The maximum atomic E-state index is 11.5. The topological polar surface area (TPSA) is 29.1 Å². The lowest BCUT2D eigenvalue weighted by Crippen LogP contribution is -2.48. The standard InChI is InChI=1S/C12H21NO/c1-12(2,3)9-6-10(7-9)13-11(14)8-4-5-8/h8-10H,4-7H2,1-3H3,(H,13,14). The molecule has 0 spiro atoms. The van der Waals surface area contributed by atoms with Gasteiger partial charge in [-0.2, -0.15) is 0 Å². The van der Waals surface area contributed by atoms with Gasteiger partial charge >= 0.3 is 0 Å². The summed E-state index contributed by atoms with van der Waals surface area (Å²) in [6.45, 7) is 6.86. The van der Waals surface area contributed by atoms with Crippen molar-refractivity contribution in [3.8, 4) is 0 Å². The van der Waals surface area contributed by atoms with E-state index in [0.29, 0.717) is 23.3 Å². The summed E-state index contributed by atoms with van der Waals surface area (Å²) in [4.78, 5) is 11.5. The van der Waals surface area contributed by atoms with Crippen molar-refractivity contribution in [3.63, 3.8) is 0 Å². The molecule has 0 aromatic rings. The maximum Gasteiger partial charge on any atom is 0.223 e. The number of rotatable bonds is 2. The average Bonchev–Trinajstić information content (AvgIpc) is 2.73. The number of nitrogens with one attached hydrogen (secondary N) is 1. The van der Waals surface area contributed by atoms with E-state index in [1.54, 1.807) is 0 Å². The molecule has 0 aromatic heterocycles. The van der Waals surface area contributed by atoms with Crippen molar-refractivity contribution in [2.45, 2.75) is 52.5 Å². The van der Waals surface area contributed by atoms with Gasteiger partial charge in [0, 0.05) is 12.0 Å². The third-order valence-corrected chi connectivity index (χ3v) is 3.66. The van der Waals surface area contributed by atoms with Crippen LogP contribution < -0.4 is 5.32 Å². The van der Waals surface area contributed by atoms with Crippen LogP contribution in [-0.2, 0) is 4.79 Å². The van der Waals surface area contributed by atoms with Crippen LogP contribution in [0.3, 0.4) is 0 Å². The van der Waals surface area contributed by atoms with Gasteiger partial charge in [-0.15, -0.1) is 0 Å². The van der Waals surface area contributed by atoms with Crippen LogP contribution in [0.15, 0.2) is 0 Å². The zero-order chi connectivity index (χ0) is 10.3. The second-order valence-corrected chi connectivity index (χ2v) is 6.01. The first kappa shape index (κ1) is 10.0. The summed E-state index contributed by atoms with van der Waals surface area (Å²) in [7, 11) is 0. The molecule has 0 unspecified atom stereocenters. The summed E-state index contributed by atoms with van der Waals surface area (Å²) in [5, 5.41) is 3.14. The zero-order valence-corrected chi connectivity index (χ0v) is 9.47. The Morgan fingerprint density at radius 2 is 1.79 bits per heavy atom. The Labute approximate surface area is 86.5 Å². The van der Waals surface area contributed by atoms with Crippen molar-refractivity contribution >= 4 is 5.91 Å². The number of carbonyl (C=O) groups is 1. The molecule has 14 heavy (non-hydrogen) atoms. The second-order valence-electron chi connectivity index (χ2n) is 6.01. The fraction of sp³-hybridized carbons (Fsp3) is 0.917. The highest BCUT2D eigenvalue weighted by Crippen LogP contribution is 2.41. The Balaban J connectivity index is 1.70. The van der Waals surface area contributed by atoms with E-state index in [9.17, 15) is 4.79 Å². The lowest BCUT2D eigenvalue weighted by atomic mass is 9.66. The Kier molecular flexibility index (Phi) is 2.32. The minimum absolute atomic E-state index is 0.308. The van der Waals surface area contributed by atoms with Gasteiger partial charge in [0.15, 0.2) is 0 Å². The van der Waals surface area contributed by atoms with Crippen molar-refractivity contribution in [1.29, 1.82) is 0 Å². The molecule has 2 saturated carbocycles. The third-order valence-electron chi connectivity index (χ3n) is 3.66. The van der Waals surface area contributed by atoms with Crippen LogP contribution in [-0.4, -0.2) is 11.9 Å². The van der Waals surface area contributed by atoms with Gasteiger partial charge in [-0.25, -0.2) is 0 Å². The molecule has 2 nitrogen and oxygen atoms in total. The molecule has 1 N–H and O–H groups in total. The molecule has 0 aromatic carbocycles. The molecule has 0 heterocycles. The lowest BCUT2D eigenvalue weighted by molar-refractivity contribution is -0.124. The molecule has 80 valence electrons. The van der Waals surface area contributed by atoms with E-state index < -0.39 is 0 Å². The first-order valence-corrected chi connectivity index (χ1v) is 5.77. The van der Waals surface area contributed by atoms with Crippen LogP contribution in [0.4, 0.5) is 0 Å². The van der Waals surface area contributed by atoms with Crippen LogP contribution in [0.1, 0.15) is 46.5 Å². The molecule has 0 saturated heterocycles. The lowest BCUT2D eigenvalue weighted by Gasteiger charge is -2.44. The normalized spacial score (nSPS) is 32.2. The molecule has 1 amide bonds. The van der Waals surface area contributed by atoms with Gasteiger partial charge in [-0.3, -0.25) is 4.79 Å². The Morgan fingerprint density at radius 3 is 2.21 bits per heavy atom. The number of hydrogen-bond donors (Lipinski definition) is 1. The molecule has 2 fully saturated rings. The first-order chi connectivity index (χ1) is 6.47. The highest BCUT2D eigenvalue weighted by atomic mass is 16.2. The van der Waals surface area contributed by atoms with Gasteiger partial charge in [0.05, 0.1) is 0 Å². The number of carbonyl (C=O) groups excluding carboxylic acids is 1. The summed E-state index contributed by atoms with van der Waals surface area (Å²) < 4.78 is 0. The second kappa shape index (κ2) is 3.25. The third kappa shape index (κ3) is 2.10. The molecule has 2 aliphatic carbocycles. The van der Waals surface area contributed by atoms with Crippen LogP contribution in [0.5, 0.6) is 0 Å². The largest absolute Gasteiger partial charge is 0.353 e. The summed E-state index contributed by atoms with van der Waals surface area (Å²) in [6.07, 6.45) is 4.59. The molecule has 2 heteroatoms. The first-order valence-electron chi connectivity index (χ1n) is 5.77. The van der Waals surface area contributed by atoms with Crippen LogP contribution in [0.25, 0.3) is 0 Å². The fourth-order valence-electron chi connectivity index (χ4n) is 2.11. The Hall–Kier alpha value is -0.530. The van der Waals surface area contributed by atoms with E-state index in [1.165, 1.54) is 12.8 Å². The molecule has 0 radical (unpaired) electrons. The fourth-order valence-corrected chi connectivity index (χ4v) is 2.11. The smallest absolute Gasteiger partial charge is 0.223 e. The molecular weight excluding hydrogens is 174 g/mol. The van der Waals surface area contributed by atoms with Crippen molar-refractivity contribution in [2.24, 2.45) is 17.3 Å². The molecule has 2 rings (SSSR count). The van der Waals surface area contributed by atoms with Gasteiger partial charge in [0.2, 0.25) is 5.91 Å². The quantitative estimate of drug-likeness (QED) is 0.720. The highest BCUT2D eigenvalue weighted by molar-refractivity contribution is 5.81. The predicted molar refractivity (Wildman–Crippen MR) is 56.8 cm³/mol. The minimum Gasteiger partial charge on any atom is -0.353 e. The maximum absolute atomic E-state index is 11.5. The monoisotopic (exact) mass is 195 g/mol. The summed E-state index contributed by atoms with van der Waals surface area (Å²) in [5.74, 6) is 1.47. The molecule has 0 bridgehead atoms. The van der Waals surface area contributed by atoms with Crippen LogP contribution in [0, 0.1) is 17.3 Å². The summed E-state index contributed by atoms with van der Waals surface area (Å²) in [5.41, 5.74) is 0.417. The minimum atomic E-state index is 0.308. The molecule has 2 aliphatic rings. The Bertz CT molecular complexity index is 231. The van der Waals surface area contributed by atoms with Gasteiger partial charge < -0.3 is 5.32 Å². The molecule has 0 atom stereocenters. The van der Waals surface area contributed by atoms with Crippen molar-refractivity contribution in [3.05, 3.63) is 0 Å². The van der Waals surface area contributed by atoms with E-state index in [-0.39, 0.29) is 0 Å².